The number of allylic oxidation sites excluding steroid dienone is 2. The zero-order valence-electron chi connectivity index (χ0n) is 11.1. The third-order valence-corrected chi connectivity index (χ3v) is 4.89. The van der Waals surface area contributed by atoms with Gasteiger partial charge in [0, 0.05) is 5.02 Å². The summed E-state index contributed by atoms with van der Waals surface area (Å²) in [6, 6.07) is 7.08. The van der Waals surface area contributed by atoms with E-state index >= 15 is 0 Å². The molecule has 1 aromatic carbocycles. The van der Waals surface area contributed by atoms with E-state index in [4.69, 9.17) is 11.6 Å². The van der Waals surface area contributed by atoms with Gasteiger partial charge in [0.25, 0.3) is 11.8 Å². The van der Waals surface area contributed by atoms with Crippen LogP contribution in [0.2, 0.25) is 5.02 Å². The smallest absolute Gasteiger partial charge is 0.254 e. The van der Waals surface area contributed by atoms with E-state index in [0.717, 1.165) is 17.0 Å². The van der Waals surface area contributed by atoms with Crippen LogP contribution in [0.1, 0.15) is 12.0 Å². The quantitative estimate of drug-likeness (QED) is 0.479. The van der Waals surface area contributed by atoms with Crippen molar-refractivity contribution in [3.63, 3.8) is 0 Å². The number of nitrogens with zero attached hydrogens (tertiary/aromatic N) is 2. The number of fused-ring (bicyclic) bond motifs is 5. The molecule has 2 amide bonds. The molecule has 1 saturated carbocycles. The molecule has 0 unspecified atom stereocenters. The first-order chi connectivity index (χ1) is 10.1. The minimum absolute atomic E-state index is 0.160. The van der Waals surface area contributed by atoms with Gasteiger partial charge in [0.2, 0.25) is 0 Å². The Bertz CT molecular complexity index is 650. The highest BCUT2D eigenvalue weighted by Crippen LogP contribution is 2.52. The lowest BCUT2D eigenvalue weighted by atomic mass is 9.85. The third-order valence-electron chi connectivity index (χ3n) is 4.64. The molecule has 4 rings (SSSR count). The summed E-state index contributed by atoms with van der Waals surface area (Å²) in [5.41, 5.74) is 0.804. The summed E-state index contributed by atoms with van der Waals surface area (Å²) >= 11 is 5.82. The maximum absolute atomic E-state index is 12.4. The zero-order valence-corrected chi connectivity index (χ0v) is 11.9. The first-order valence-corrected chi connectivity index (χ1v) is 7.38. The van der Waals surface area contributed by atoms with Crippen LogP contribution in [0.5, 0.6) is 0 Å². The fraction of sp³-hybridized carbons (Fsp3) is 0.312. The topological polar surface area (TPSA) is 49.7 Å². The Kier molecular flexibility index (Phi) is 2.76. The number of imide groups is 1. The van der Waals surface area contributed by atoms with Crippen LogP contribution in [0, 0.1) is 23.7 Å². The van der Waals surface area contributed by atoms with Crippen molar-refractivity contribution < 1.29 is 9.59 Å². The Morgan fingerprint density at radius 2 is 1.62 bits per heavy atom. The Labute approximate surface area is 127 Å². The maximum atomic E-state index is 12.4. The number of hydrogen-bond acceptors (Lipinski definition) is 3. The highest BCUT2D eigenvalue weighted by Gasteiger charge is 2.59. The first kappa shape index (κ1) is 12.8. The second kappa shape index (κ2) is 4.53. The number of amides is 2. The van der Waals surface area contributed by atoms with Gasteiger partial charge in [-0.3, -0.25) is 9.59 Å². The fourth-order valence-electron chi connectivity index (χ4n) is 3.67. The largest absolute Gasteiger partial charge is 0.272 e. The molecule has 1 saturated heterocycles. The minimum atomic E-state index is -0.199. The number of benzene rings is 1. The molecule has 0 radical (unpaired) electrons. The van der Waals surface area contributed by atoms with Crippen molar-refractivity contribution >= 4 is 29.6 Å². The van der Waals surface area contributed by atoms with Gasteiger partial charge < -0.3 is 0 Å². The number of carbonyl (C=O) groups is 2. The molecule has 5 heteroatoms. The van der Waals surface area contributed by atoms with Crippen LogP contribution in [0.25, 0.3) is 0 Å². The van der Waals surface area contributed by atoms with Gasteiger partial charge in [-0.05, 0) is 36.0 Å². The van der Waals surface area contributed by atoms with Crippen molar-refractivity contribution in [3.8, 4) is 0 Å². The summed E-state index contributed by atoms with van der Waals surface area (Å²) < 4.78 is 0. The Morgan fingerprint density at radius 3 is 2.19 bits per heavy atom. The first-order valence-electron chi connectivity index (χ1n) is 7.01. The van der Waals surface area contributed by atoms with Crippen molar-refractivity contribution in [2.75, 3.05) is 0 Å². The van der Waals surface area contributed by atoms with E-state index in [2.05, 4.69) is 17.3 Å². The lowest BCUT2D eigenvalue weighted by Crippen LogP contribution is -2.28. The molecule has 106 valence electrons. The molecule has 0 spiro atoms. The zero-order chi connectivity index (χ0) is 14.6. The normalized spacial score (nSPS) is 33.5. The summed E-state index contributed by atoms with van der Waals surface area (Å²) in [5, 5.41) is 5.79. The van der Waals surface area contributed by atoms with Crippen LogP contribution < -0.4 is 0 Å². The SMILES string of the molecule is O=C1[C@H]2[C@H](C(=O)N1/N=C\c1ccc(Cl)cc1)[C@H]1C=C[C@H]2C1. The third kappa shape index (κ3) is 1.86. The number of rotatable bonds is 2. The van der Waals surface area contributed by atoms with Crippen LogP contribution in [0.15, 0.2) is 41.5 Å². The molecule has 21 heavy (non-hydrogen) atoms. The molecule has 2 bridgehead atoms. The summed E-state index contributed by atoms with van der Waals surface area (Å²) in [6.45, 7) is 0. The molecular weight excluding hydrogens is 288 g/mol. The highest BCUT2D eigenvalue weighted by molar-refractivity contribution is 6.30. The molecule has 2 fully saturated rings. The molecule has 1 heterocycles. The van der Waals surface area contributed by atoms with Gasteiger partial charge in [0.1, 0.15) is 0 Å². The maximum Gasteiger partial charge on any atom is 0.254 e. The summed E-state index contributed by atoms with van der Waals surface area (Å²) in [6.07, 6.45) is 6.61. The average Bonchev–Trinajstić information content (AvgIpc) is 3.14. The number of halogens is 1. The van der Waals surface area contributed by atoms with Gasteiger partial charge in [0.15, 0.2) is 0 Å². The van der Waals surface area contributed by atoms with E-state index in [0.29, 0.717) is 5.02 Å². The van der Waals surface area contributed by atoms with Gasteiger partial charge >= 0.3 is 0 Å². The molecule has 0 aromatic heterocycles. The molecular formula is C16H13ClN2O2. The van der Waals surface area contributed by atoms with E-state index in [-0.39, 0.29) is 35.5 Å². The van der Waals surface area contributed by atoms with Crippen molar-refractivity contribution in [3.05, 3.63) is 47.0 Å². The van der Waals surface area contributed by atoms with Gasteiger partial charge in [-0.1, -0.05) is 35.9 Å². The Morgan fingerprint density at radius 1 is 1.05 bits per heavy atom. The fourth-order valence-corrected chi connectivity index (χ4v) is 3.80. The number of carbonyl (C=O) groups excluding carboxylic acids is 2. The van der Waals surface area contributed by atoms with Crippen molar-refractivity contribution in [1.82, 2.24) is 5.01 Å². The van der Waals surface area contributed by atoms with Crippen molar-refractivity contribution in [2.45, 2.75) is 6.42 Å². The summed E-state index contributed by atoms with van der Waals surface area (Å²) in [4.78, 5) is 24.8. The van der Waals surface area contributed by atoms with Crippen molar-refractivity contribution in [2.24, 2.45) is 28.8 Å². The van der Waals surface area contributed by atoms with Crippen LogP contribution in [-0.4, -0.2) is 23.0 Å². The average molecular weight is 301 g/mol. The van der Waals surface area contributed by atoms with Crippen LogP contribution in [0.3, 0.4) is 0 Å². The molecule has 1 aliphatic heterocycles. The van der Waals surface area contributed by atoms with Crippen LogP contribution >= 0.6 is 11.6 Å². The van der Waals surface area contributed by atoms with E-state index in [1.165, 1.54) is 6.21 Å². The number of hydrazone groups is 1. The number of hydrogen-bond donors (Lipinski definition) is 0. The molecule has 4 atom stereocenters. The lowest BCUT2D eigenvalue weighted by molar-refractivity contribution is -0.140. The van der Waals surface area contributed by atoms with E-state index in [9.17, 15) is 9.59 Å². The van der Waals surface area contributed by atoms with Crippen LogP contribution in [-0.2, 0) is 9.59 Å². The Hall–Kier alpha value is -1.94. The predicted octanol–water partition coefficient (Wildman–Crippen LogP) is 2.48. The van der Waals surface area contributed by atoms with Gasteiger partial charge in [-0.25, -0.2) is 0 Å². The predicted molar refractivity (Wildman–Crippen MR) is 78.6 cm³/mol. The van der Waals surface area contributed by atoms with E-state index in [1.54, 1.807) is 24.3 Å². The second-order valence-electron chi connectivity index (χ2n) is 5.78. The standard InChI is InChI=1S/C16H13ClN2O2/c17-12-5-1-9(2-6-12)8-18-19-15(20)13-10-3-4-11(7-10)14(13)16(19)21/h1-6,8,10-11,13-14H,7H2/b18-8-/t10-,11-,13+,14+/m0/s1. The van der Waals surface area contributed by atoms with Gasteiger partial charge in [-0.15, -0.1) is 0 Å². The molecule has 4 nitrogen and oxygen atoms in total. The van der Waals surface area contributed by atoms with Gasteiger partial charge in [0.05, 0.1) is 18.1 Å². The van der Waals surface area contributed by atoms with Gasteiger partial charge in [-0.2, -0.15) is 10.1 Å². The minimum Gasteiger partial charge on any atom is -0.272 e. The molecule has 0 N–H and O–H groups in total. The Balaban J connectivity index is 1.58. The van der Waals surface area contributed by atoms with Crippen molar-refractivity contribution in [1.29, 1.82) is 0 Å². The summed E-state index contributed by atoms with van der Waals surface area (Å²) in [5.74, 6) is -0.289. The molecule has 3 aliphatic rings. The van der Waals surface area contributed by atoms with E-state index < -0.39 is 0 Å². The van der Waals surface area contributed by atoms with Crippen LogP contribution in [0.4, 0.5) is 0 Å². The second-order valence-corrected chi connectivity index (χ2v) is 6.22. The molecule has 1 aromatic rings. The summed E-state index contributed by atoms with van der Waals surface area (Å²) in [7, 11) is 0. The lowest BCUT2D eigenvalue weighted by Gasteiger charge is -2.13. The molecule has 2 aliphatic carbocycles. The highest BCUT2D eigenvalue weighted by atomic mass is 35.5. The monoisotopic (exact) mass is 300 g/mol. The van der Waals surface area contributed by atoms with E-state index in [1.807, 2.05) is 0 Å².